The first-order valence-corrected chi connectivity index (χ1v) is 4.90. The van der Waals surface area contributed by atoms with Crippen molar-refractivity contribution in [2.45, 2.75) is 6.42 Å². The van der Waals surface area contributed by atoms with Crippen LogP contribution in [0.4, 0.5) is 5.82 Å². The summed E-state index contributed by atoms with van der Waals surface area (Å²) in [4.78, 5) is 8.02. The fraction of sp³-hybridized carbons (Fsp3) is 0.375. The van der Waals surface area contributed by atoms with Gasteiger partial charge in [0.15, 0.2) is 5.65 Å². The van der Waals surface area contributed by atoms with Crippen LogP contribution in [-0.4, -0.2) is 38.4 Å². The average Bonchev–Trinajstić information content (AvgIpc) is 2.65. The van der Waals surface area contributed by atoms with Crippen LogP contribution in [0.25, 0.3) is 11.0 Å². The molecule has 15 heavy (non-hydrogen) atoms. The Kier molecular flexibility index (Phi) is 2.98. The van der Waals surface area contributed by atoms with Crippen LogP contribution in [0.3, 0.4) is 0 Å². The van der Waals surface area contributed by atoms with Gasteiger partial charge in [0.2, 0.25) is 5.28 Å². The van der Waals surface area contributed by atoms with E-state index in [1.165, 1.54) is 0 Å². The highest BCUT2D eigenvalue weighted by molar-refractivity contribution is 6.28. The fourth-order valence-corrected chi connectivity index (χ4v) is 1.40. The van der Waals surface area contributed by atoms with Crippen molar-refractivity contribution in [3.05, 3.63) is 11.5 Å². The van der Waals surface area contributed by atoms with Crippen LogP contribution in [0.2, 0.25) is 5.28 Å². The number of fused-ring (bicyclic) bond motifs is 1. The molecule has 6 nitrogen and oxygen atoms in total. The highest BCUT2D eigenvalue weighted by atomic mass is 35.5. The molecule has 2 aromatic rings. The van der Waals surface area contributed by atoms with E-state index in [4.69, 9.17) is 16.7 Å². The van der Waals surface area contributed by atoms with Crippen LogP contribution in [0, 0.1) is 0 Å². The lowest BCUT2D eigenvalue weighted by Crippen LogP contribution is -2.05. The number of rotatable bonds is 4. The van der Waals surface area contributed by atoms with E-state index < -0.39 is 0 Å². The van der Waals surface area contributed by atoms with E-state index in [9.17, 15) is 0 Å². The lowest BCUT2D eigenvalue weighted by Gasteiger charge is -2.04. The highest BCUT2D eigenvalue weighted by Gasteiger charge is 2.07. The van der Waals surface area contributed by atoms with E-state index in [0.717, 1.165) is 5.39 Å². The van der Waals surface area contributed by atoms with Crippen LogP contribution >= 0.6 is 11.6 Å². The molecule has 0 aliphatic rings. The number of aliphatic hydroxyl groups is 1. The van der Waals surface area contributed by atoms with Gasteiger partial charge in [-0.1, -0.05) is 0 Å². The maximum Gasteiger partial charge on any atom is 0.226 e. The van der Waals surface area contributed by atoms with E-state index in [1.807, 2.05) is 0 Å². The minimum Gasteiger partial charge on any atom is -0.396 e. The lowest BCUT2D eigenvalue weighted by molar-refractivity contribution is 0.292. The molecule has 2 heterocycles. The molecule has 0 fully saturated rings. The minimum absolute atomic E-state index is 0.139. The summed E-state index contributed by atoms with van der Waals surface area (Å²) in [5.41, 5.74) is 0.599. The summed E-state index contributed by atoms with van der Waals surface area (Å²) in [6, 6.07) is 0. The van der Waals surface area contributed by atoms with Crippen LogP contribution in [0.15, 0.2) is 6.20 Å². The number of anilines is 1. The molecule has 0 bridgehead atoms. The third kappa shape index (κ3) is 2.16. The van der Waals surface area contributed by atoms with Crippen LogP contribution in [-0.2, 0) is 0 Å². The Balaban J connectivity index is 2.27. The smallest absolute Gasteiger partial charge is 0.226 e. The normalized spacial score (nSPS) is 10.8. The van der Waals surface area contributed by atoms with E-state index in [-0.39, 0.29) is 11.9 Å². The van der Waals surface area contributed by atoms with Crippen molar-refractivity contribution in [2.75, 3.05) is 18.5 Å². The maximum atomic E-state index is 8.65. The zero-order valence-corrected chi connectivity index (χ0v) is 8.62. The summed E-state index contributed by atoms with van der Waals surface area (Å²) in [6.07, 6.45) is 2.29. The monoisotopic (exact) mass is 227 g/mol. The number of nitrogens with one attached hydrogen (secondary N) is 2. The van der Waals surface area contributed by atoms with Gasteiger partial charge in [-0.25, -0.2) is 0 Å². The second kappa shape index (κ2) is 4.41. The molecule has 0 aliphatic heterocycles. The van der Waals surface area contributed by atoms with Gasteiger partial charge in [-0.3, -0.25) is 5.10 Å². The Morgan fingerprint density at radius 3 is 3.13 bits per heavy atom. The summed E-state index contributed by atoms with van der Waals surface area (Å²) in [6.45, 7) is 0.768. The summed E-state index contributed by atoms with van der Waals surface area (Å²) in [5, 5.41) is 19.2. The summed E-state index contributed by atoms with van der Waals surface area (Å²) in [5.74, 6) is 0.632. The fourth-order valence-electron chi connectivity index (χ4n) is 1.23. The number of H-pyrrole nitrogens is 1. The molecule has 0 spiro atoms. The molecule has 3 N–H and O–H groups in total. The Morgan fingerprint density at radius 2 is 2.33 bits per heavy atom. The molecule has 0 aromatic carbocycles. The number of aliphatic hydroxyl groups excluding tert-OH is 1. The second-order valence-electron chi connectivity index (χ2n) is 2.98. The molecular weight excluding hydrogens is 218 g/mol. The molecule has 0 radical (unpaired) electrons. The first kappa shape index (κ1) is 10.1. The van der Waals surface area contributed by atoms with Gasteiger partial charge in [-0.05, 0) is 18.0 Å². The molecular formula is C8H10ClN5O. The third-order valence-electron chi connectivity index (χ3n) is 1.91. The van der Waals surface area contributed by atoms with Crippen molar-refractivity contribution >= 4 is 28.5 Å². The predicted molar refractivity (Wildman–Crippen MR) is 56.9 cm³/mol. The van der Waals surface area contributed by atoms with Crippen molar-refractivity contribution in [3.63, 3.8) is 0 Å². The molecule has 0 saturated carbocycles. The van der Waals surface area contributed by atoms with Crippen LogP contribution in [0.5, 0.6) is 0 Å². The molecule has 0 unspecified atom stereocenters. The highest BCUT2D eigenvalue weighted by Crippen LogP contribution is 2.19. The number of halogens is 1. The molecule has 0 saturated heterocycles. The van der Waals surface area contributed by atoms with Crippen molar-refractivity contribution < 1.29 is 5.11 Å². The van der Waals surface area contributed by atoms with Crippen molar-refractivity contribution in [3.8, 4) is 0 Å². The maximum absolute atomic E-state index is 8.65. The van der Waals surface area contributed by atoms with Crippen molar-refractivity contribution in [2.24, 2.45) is 0 Å². The van der Waals surface area contributed by atoms with Gasteiger partial charge in [0.05, 0.1) is 11.6 Å². The number of hydrogen-bond donors (Lipinski definition) is 3. The minimum atomic E-state index is 0.139. The van der Waals surface area contributed by atoms with Gasteiger partial charge in [-0.2, -0.15) is 15.1 Å². The summed E-state index contributed by atoms with van der Waals surface area (Å²) < 4.78 is 0. The molecule has 80 valence electrons. The number of hydrogen-bond acceptors (Lipinski definition) is 5. The van der Waals surface area contributed by atoms with Gasteiger partial charge in [-0.15, -0.1) is 0 Å². The van der Waals surface area contributed by atoms with Crippen LogP contribution < -0.4 is 5.32 Å². The van der Waals surface area contributed by atoms with Gasteiger partial charge >= 0.3 is 0 Å². The largest absolute Gasteiger partial charge is 0.396 e. The van der Waals surface area contributed by atoms with E-state index in [1.54, 1.807) is 6.20 Å². The van der Waals surface area contributed by atoms with Crippen molar-refractivity contribution in [1.29, 1.82) is 0 Å². The molecule has 0 amide bonds. The second-order valence-corrected chi connectivity index (χ2v) is 3.32. The number of aromatic amines is 1. The Bertz CT molecular complexity index is 457. The summed E-state index contributed by atoms with van der Waals surface area (Å²) >= 11 is 5.73. The SMILES string of the molecule is OCCCNc1nc(Cl)nc2[nH]ncc12. The van der Waals surface area contributed by atoms with E-state index in [2.05, 4.69) is 25.5 Å². The number of aromatic nitrogens is 4. The zero-order chi connectivity index (χ0) is 10.7. The number of nitrogens with zero attached hydrogens (tertiary/aromatic N) is 3. The molecule has 2 rings (SSSR count). The molecule has 0 aliphatic carbocycles. The third-order valence-corrected chi connectivity index (χ3v) is 2.08. The molecule has 0 atom stereocenters. The zero-order valence-electron chi connectivity index (χ0n) is 7.87. The van der Waals surface area contributed by atoms with E-state index >= 15 is 0 Å². The first-order chi connectivity index (χ1) is 7.31. The van der Waals surface area contributed by atoms with Gasteiger partial charge in [0, 0.05) is 13.2 Å². The topological polar surface area (TPSA) is 86.7 Å². The van der Waals surface area contributed by atoms with Crippen molar-refractivity contribution in [1.82, 2.24) is 20.2 Å². The van der Waals surface area contributed by atoms with E-state index in [0.29, 0.717) is 24.4 Å². The average molecular weight is 228 g/mol. The molecule has 2 aromatic heterocycles. The standard InChI is InChI=1S/C8H10ClN5O/c9-8-12-6(10-2-1-3-15)5-4-11-14-7(5)13-8/h4,15H,1-3H2,(H2,10,11,12,13,14). The quantitative estimate of drug-likeness (QED) is 0.531. The summed E-state index contributed by atoms with van der Waals surface area (Å²) in [7, 11) is 0. The lowest BCUT2D eigenvalue weighted by atomic mass is 10.4. The Labute approximate surface area is 90.7 Å². The Hall–Kier alpha value is -1.40. The van der Waals surface area contributed by atoms with Gasteiger partial charge < -0.3 is 10.4 Å². The predicted octanol–water partition coefficient (Wildman–Crippen LogP) is 0.801. The Morgan fingerprint density at radius 1 is 1.47 bits per heavy atom. The van der Waals surface area contributed by atoms with Gasteiger partial charge in [0.25, 0.3) is 0 Å². The molecule has 7 heteroatoms. The first-order valence-electron chi connectivity index (χ1n) is 4.52. The van der Waals surface area contributed by atoms with Gasteiger partial charge in [0.1, 0.15) is 5.82 Å². The van der Waals surface area contributed by atoms with Crippen LogP contribution in [0.1, 0.15) is 6.42 Å².